The normalized spacial score (nSPS) is 11.0. The van der Waals surface area contributed by atoms with Gasteiger partial charge in [0, 0.05) is 16.7 Å². The van der Waals surface area contributed by atoms with Gasteiger partial charge in [0.05, 0.1) is 11.4 Å². The van der Waals surface area contributed by atoms with E-state index in [9.17, 15) is 0 Å². The Morgan fingerprint density at radius 1 is 0.792 bits per heavy atom. The van der Waals surface area contributed by atoms with E-state index >= 15 is 0 Å². The van der Waals surface area contributed by atoms with Gasteiger partial charge in [-0.05, 0) is 42.0 Å². The number of nitrogen functional groups attached to an aromatic ring is 1. The van der Waals surface area contributed by atoms with Crippen LogP contribution in [0.2, 0.25) is 0 Å². The molecule has 7 N–H and O–H groups in total. The standard InChI is InChI=1S/C18H24N6/c1-18(2,3)16(19)12-4-8-14(9-5-12)22-24-23-15-10-6-13(7-11-15)17(20)21/h4-11,19,22-24H,1-3H3,(H3,20,21). The van der Waals surface area contributed by atoms with Crippen LogP contribution in [-0.4, -0.2) is 11.5 Å². The lowest BCUT2D eigenvalue weighted by atomic mass is 9.86. The van der Waals surface area contributed by atoms with E-state index in [1.807, 2.05) is 57.2 Å². The molecule has 0 amide bonds. The summed E-state index contributed by atoms with van der Waals surface area (Å²) < 4.78 is 0. The molecular weight excluding hydrogens is 300 g/mol. The van der Waals surface area contributed by atoms with Crippen LogP contribution in [0.4, 0.5) is 11.4 Å². The molecule has 0 fully saturated rings. The topological polar surface area (TPSA) is 110 Å². The lowest BCUT2D eigenvalue weighted by molar-refractivity contribution is 0.588. The zero-order valence-corrected chi connectivity index (χ0v) is 14.2. The SMILES string of the molecule is CC(C)(C)C(=N)c1ccc(NNNc2ccc(C(=N)N)cc2)cc1. The second kappa shape index (κ2) is 7.14. The quantitative estimate of drug-likeness (QED) is 0.278. The van der Waals surface area contributed by atoms with Crippen LogP contribution in [0.15, 0.2) is 48.5 Å². The zero-order valence-electron chi connectivity index (χ0n) is 14.2. The van der Waals surface area contributed by atoms with E-state index in [4.69, 9.17) is 16.6 Å². The molecule has 2 aromatic carbocycles. The highest BCUT2D eigenvalue weighted by atomic mass is 15.6. The van der Waals surface area contributed by atoms with Crippen molar-refractivity contribution >= 4 is 22.9 Å². The largest absolute Gasteiger partial charge is 0.384 e. The third-order valence-electron chi connectivity index (χ3n) is 3.53. The highest BCUT2D eigenvalue weighted by Crippen LogP contribution is 2.21. The molecule has 0 saturated carbocycles. The number of amidine groups is 1. The van der Waals surface area contributed by atoms with Gasteiger partial charge in [-0.15, -0.1) is 0 Å². The van der Waals surface area contributed by atoms with E-state index in [2.05, 4.69) is 16.4 Å². The fourth-order valence-electron chi connectivity index (χ4n) is 2.06. The van der Waals surface area contributed by atoms with Crippen LogP contribution in [-0.2, 0) is 0 Å². The number of benzene rings is 2. The fraction of sp³-hybridized carbons (Fsp3) is 0.222. The van der Waals surface area contributed by atoms with Crippen LogP contribution in [0, 0.1) is 16.2 Å². The van der Waals surface area contributed by atoms with Crippen LogP contribution < -0.4 is 22.1 Å². The number of nitrogens with one attached hydrogen (secondary N) is 5. The van der Waals surface area contributed by atoms with Gasteiger partial charge < -0.3 is 22.0 Å². The smallest absolute Gasteiger partial charge is 0.122 e. The third kappa shape index (κ3) is 4.57. The first-order valence-electron chi connectivity index (χ1n) is 7.68. The van der Waals surface area contributed by atoms with E-state index in [-0.39, 0.29) is 11.3 Å². The fourth-order valence-corrected chi connectivity index (χ4v) is 2.06. The van der Waals surface area contributed by atoms with Gasteiger partial charge in [-0.2, -0.15) is 5.53 Å². The van der Waals surface area contributed by atoms with E-state index in [1.54, 1.807) is 12.1 Å². The van der Waals surface area contributed by atoms with Gasteiger partial charge in [0.25, 0.3) is 0 Å². The van der Waals surface area contributed by atoms with Crippen LogP contribution >= 0.6 is 0 Å². The molecule has 0 heterocycles. The van der Waals surface area contributed by atoms with Crippen LogP contribution in [0.1, 0.15) is 31.9 Å². The number of nitrogens with two attached hydrogens (primary N) is 1. The van der Waals surface area contributed by atoms with Crippen LogP contribution in [0.5, 0.6) is 0 Å². The van der Waals surface area contributed by atoms with Crippen molar-refractivity contribution in [2.45, 2.75) is 20.8 Å². The summed E-state index contributed by atoms with van der Waals surface area (Å²) in [5.74, 6) is 0.0496. The molecule has 0 spiro atoms. The molecule has 0 aromatic heterocycles. The van der Waals surface area contributed by atoms with Crippen molar-refractivity contribution in [2.75, 3.05) is 10.9 Å². The number of rotatable bonds is 6. The first-order chi connectivity index (χ1) is 11.3. The van der Waals surface area contributed by atoms with Crippen molar-refractivity contribution in [1.29, 1.82) is 10.8 Å². The van der Waals surface area contributed by atoms with Crippen molar-refractivity contribution in [2.24, 2.45) is 11.1 Å². The minimum Gasteiger partial charge on any atom is -0.384 e. The maximum Gasteiger partial charge on any atom is 0.122 e. The second-order valence-electron chi connectivity index (χ2n) is 6.57. The Hall–Kier alpha value is -2.86. The van der Waals surface area contributed by atoms with E-state index in [0.29, 0.717) is 11.3 Å². The molecular formula is C18H24N6. The summed E-state index contributed by atoms with van der Waals surface area (Å²) in [7, 11) is 0. The van der Waals surface area contributed by atoms with Crippen molar-refractivity contribution < 1.29 is 0 Å². The van der Waals surface area contributed by atoms with Crippen molar-refractivity contribution in [3.05, 3.63) is 59.7 Å². The monoisotopic (exact) mass is 324 g/mol. The Balaban J connectivity index is 1.88. The zero-order chi connectivity index (χ0) is 17.7. The molecule has 0 saturated heterocycles. The van der Waals surface area contributed by atoms with Gasteiger partial charge in [-0.25, -0.2) is 0 Å². The Morgan fingerprint density at radius 3 is 1.58 bits per heavy atom. The van der Waals surface area contributed by atoms with Gasteiger partial charge in [0.15, 0.2) is 0 Å². The highest BCUT2D eigenvalue weighted by Gasteiger charge is 2.18. The molecule has 0 aliphatic heterocycles. The summed E-state index contributed by atoms with van der Waals surface area (Å²) in [6.07, 6.45) is 0. The summed E-state index contributed by atoms with van der Waals surface area (Å²) in [4.78, 5) is 0. The van der Waals surface area contributed by atoms with E-state index < -0.39 is 0 Å². The number of hydrogen-bond acceptors (Lipinski definition) is 5. The molecule has 2 rings (SSSR count). The maximum absolute atomic E-state index is 8.18. The molecule has 0 unspecified atom stereocenters. The van der Waals surface area contributed by atoms with E-state index in [0.717, 1.165) is 16.9 Å². The second-order valence-corrected chi connectivity index (χ2v) is 6.57. The first kappa shape index (κ1) is 17.5. The molecule has 2 aromatic rings. The third-order valence-corrected chi connectivity index (χ3v) is 3.53. The highest BCUT2D eigenvalue weighted by molar-refractivity contribution is 6.02. The Labute approximate surface area is 142 Å². The lowest BCUT2D eigenvalue weighted by Gasteiger charge is -2.20. The summed E-state index contributed by atoms with van der Waals surface area (Å²) in [5.41, 5.74) is 18.2. The van der Waals surface area contributed by atoms with Crippen molar-refractivity contribution in [3.63, 3.8) is 0 Å². The van der Waals surface area contributed by atoms with Gasteiger partial charge in [-0.1, -0.05) is 32.9 Å². The summed E-state index contributed by atoms with van der Waals surface area (Å²) >= 11 is 0. The summed E-state index contributed by atoms with van der Waals surface area (Å²) in [6, 6.07) is 14.9. The van der Waals surface area contributed by atoms with Gasteiger partial charge in [0.2, 0.25) is 0 Å². The molecule has 0 atom stereocenters. The molecule has 0 aliphatic carbocycles. The molecule has 126 valence electrons. The minimum absolute atomic E-state index is 0.0496. The number of hydrazine groups is 2. The Kier molecular flexibility index (Phi) is 5.21. The Bertz CT molecular complexity index is 711. The van der Waals surface area contributed by atoms with Crippen molar-refractivity contribution in [1.82, 2.24) is 5.53 Å². The molecule has 6 nitrogen and oxygen atoms in total. The molecule has 6 heteroatoms. The molecule has 0 bridgehead atoms. The predicted molar refractivity (Wildman–Crippen MR) is 101 cm³/mol. The average Bonchev–Trinajstić information content (AvgIpc) is 2.54. The Morgan fingerprint density at radius 2 is 1.21 bits per heavy atom. The first-order valence-corrected chi connectivity index (χ1v) is 7.68. The van der Waals surface area contributed by atoms with Crippen LogP contribution in [0.25, 0.3) is 0 Å². The minimum atomic E-state index is -0.166. The van der Waals surface area contributed by atoms with Crippen LogP contribution in [0.3, 0.4) is 0 Å². The average molecular weight is 324 g/mol. The molecule has 0 radical (unpaired) electrons. The summed E-state index contributed by atoms with van der Waals surface area (Å²) in [5, 5.41) is 15.5. The lowest BCUT2D eigenvalue weighted by Crippen LogP contribution is -2.28. The van der Waals surface area contributed by atoms with Gasteiger partial charge >= 0.3 is 0 Å². The number of hydrogen-bond donors (Lipinski definition) is 6. The van der Waals surface area contributed by atoms with Gasteiger partial charge in [0.1, 0.15) is 5.84 Å². The van der Waals surface area contributed by atoms with Gasteiger partial charge in [-0.3, -0.25) is 5.41 Å². The molecule has 24 heavy (non-hydrogen) atoms. The maximum atomic E-state index is 8.18. The van der Waals surface area contributed by atoms with E-state index in [1.165, 1.54) is 0 Å². The molecule has 0 aliphatic rings. The number of anilines is 2. The van der Waals surface area contributed by atoms with Crippen molar-refractivity contribution in [3.8, 4) is 0 Å². The summed E-state index contributed by atoms with van der Waals surface area (Å²) in [6.45, 7) is 6.10. The predicted octanol–water partition coefficient (Wildman–Crippen LogP) is 3.33.